The fourth-order valence-electron chi connectivity index (χ4n) is 2.11. The van der Waals surface area contributed by atoms with E-state index in [0.717, 1.165) is 18.6 Å². The van der Waals surface area contributed by atoms with E-state index in [4.69, 9.17) is 20.3 Å². The minimum Gasteiger partial charge on any atom is -0.493 e. The first-order valence-electron chi connectivity index (χ1n) is 6.52. The van der Waals surface area contributed by atoms with Crippen LogP contribution in [-0.4, -0.2) is 35.8 Å². The van der Waals surface area contributed by atoms with Crippen molar-refractivity contribution in [1.82, 2.24) is 0 Å². The number of rotatable bonds is 5. The molecule has 1 heterocycles. The summed E-state index contributed by atoms with van der Waals surface area (Å²) in [6.07, 6.45) is 2.27. The molecule has 1 aromatic carbocycles. The maximum absolute atomic E-state index is 11.0. The van der Waals surface area contributed by atoms with E-state index in [2.05, 4.69) is 0 Å². The number of carboxylic acids is 1. The Kier molecular flexibility index (Phi) is 5.14. The van der Waals surface area contributed by atoms with Crippen LogP contribution in [0.25, 0.3) is 0 Å². The Morgan fingerprint density at radius 2 is 2.30 bits per heavy atom. The summed E-state index contributed by atoms with van der Waals surface area (Å²) < 4.78 is 11.2. The van der Waals surface area contributed by atoms with E-state index in [1.165, 1.54) is 5.75 Å². The van der Waals surface area contributed by atoms with Crippen LogP contribution >= 0.6 is 11.8 Å². The predicted octanol–water partition coefficient (Wildman–Crippen LogP) is 2.05. The Morgan fingerprint density at radius 3 is 2.90 bits per heavy atom. The number of hydrogen-bond donors (Lipinski definition) is 2. The summed E-state index contributed by atoms with van der Waals surface area (Å²) in [5.74, 6) is 2.21. The Bertz CT molecular complexity index is 474. The molecule has 0 bridgehead atoms. The zero-order valence-electron chi connectivity index (χ0n) is 11.4. The lowest BCUT2D eigenvalue weighted by Crippen LogP contribution is -2.24. The van der Waals surface area contributed by atoms with Gasteiger partial charge in [0.25, 0.3) is 0 Å². The van der Waals surface area contributed by atoms with Gasteiger partial charge >= 0.3 is 5.97 Å². The first-order chi connectivity index (χ1) is 9.61. The summed E-state index contributed by atoms with van der Waals surface area (Å²) in [7, 11) is 1.56. The summed E-state index contributed by atoms with van der Waals surface area (Å²) in [6.45, 7) is 0. The van der Waals surface area contributed by atoms with E-state index in [-0.39, 0.29) is 6.10 Å². The lowest BCUT2D eigenvalue weighted by molar-refractivity contribution is -0.138. The highest BCUT2D eigenvalue weighted by Gasteiger charge is 2.20. The number of benzene rings is 1. The van der Waals surface area contributed by atoms with Gasteiger partial charge in [-0.25, -0.2) is 0 Å². The molecule has 0 aliphatic carbocycles. The quantitative estimate of drug-likeness (QED) is 0.865. The summed E-state index contributed by atoms with van der Waals surface area (Å²) in [5.41, 5.74) is 6.14. The molecule has 1 aliphatic heterocycles. The highest BCUT2D eigenvalue weighted by atomic mass is 32.2. The van der Waals surface area contributed by atoms with Crippen molar-refractivity contribution in [1.29, 1.82) is 0 Å². The van der Waals surface area contributed by atoms with Gasteiger partial charge in [0, 0.05) is 5.75 Å². The molecule has 20 heavy (non-hydrogen) atoms. The lowest BCUT2D eigenvalue weighted by Gasteiger charge is -2.24. The van der Waals surface area contributed by atoms with Crippen molar-refractivity contribution in [2.24, 2.45) is 5.73 Å². The molecule has 1 aromatic rings. The topological polar surface area (TPSA) is 81.8 Å². The van der Waals surface area contributed by atoms with Gasteiger partial charge in [-0.05, 0) is 36.3 Å². The largest absolute Gasteiger partial charge is 0.493 e. The Morgan fingerprint density at radius 1 is 1.50 bits per heavy atom. The molecule has 5 nitrogen and oxygen atoms in total. The van der Waals surface area contributed by atoms with Crippen LogP contribution in [0.15, 0.2) is 18.2 Å². The van der Waals surface area contributed by atoms with Crippen LogP contribution in [-0.2, 0) is 4.79 Å². The van der Waals surface area contributed by atoms with Crippen LogP contribution in [0, 0.1) is 0 Å². The monoisotopic (exact) mass is 297 g/mol. The molecule has 2 unspecified atom stereocenters. The van der Waals surface area contributed by atoms with Gasteiger partial charge in [0.1, 0.15) is 12.1 Å². The predicted molar refractivity (Wildman–Crippen MR) is 78.5 cm³/mol. The second kappa shape index (κ2) is 6.85. The number of aliphatic carboxylic acids is 1. The van der Waals surface area contributed by atoms with E-state index in [0.29, 0.717) is 17.1 Å². The smallest absolute Gasteiger partial charge is 0.325 e. The van der Waals surface area contributed by atoms with E-state index in [1.807, 2.05) is 11.8 Å². The summed E-state index contributed by atoms with van der Waals surface area (Å²) in [4.78, 5) is 11.0. The normalized spacial score (nSPS) is 20.2. The van der Waals surface area contributed by atoms with Crippen LogP contribution in [0.3, 0.4) is 0 Å². The summed E-state index contributed by atoms with van der Waals surface area (Å²) >= 11 is 1.87. The van der Waals surface area contributed by atoms with Gasteiger partial charge in [-0.1, -0.05) is 6.07 Å². The average Bonchev–Trinajstić information content (AvgIpc) is 2.47. The maximum atomic E-state index is 11.0. The van der Waals surface area contributed by atoms with Gasteiger partial charge in [0.05, 0.1) is 7.11 Å². The van der Waals surface area contributed by atoms with E-state index < -0.39 is 12.0 Å². The highest BCUT2D eigenvalue weighted by molar-refractivity contribution is 7.99. The third-order valence-corrected chi connectivity index (χ3v) is 4.41. The summed E-state index contributed by atoms with van der Waals surface area (Å²) in [6, 6.07) is 3.96. The van der Waals surface area contributed by atoms with Crippen molar-refractivity contribution in [3.8, 4) is 11.5 Å². The van der Waals surface area contributed by atoms with Crippen molar-refractivity contribution < 1.29 is 19.4 Å². The fourth-order valence-corrected chi connectivity index (χ4v) is 3.14. The molecule has 1 fully saturated rings. The number of carbonyl (C=O) groups is 1. The number of ether oxygens (including phenoxy) is 2. The maximum Gasteiger partial charge on any atom is 0.325 e. The first kappa shape index (κ1) is 15.0. The van der Waals surface area contributed by atoms with Gasteiger partial charge in [0.15, 0.2) is 11.5 Å². The van der Waals surface area contributed by atoms with Crippen LogP contribution < -0.4 is 15.2 Å². The molecule has 3 N–H and O–H groups in total. The SMILES string of the molecule is COc1ccc(C(N)C(=O)O)cc1OC1CCCSC1. The zero-order chi connectivity index (χ0) is 14.5. The molecule has 110 valence electrons. The van der Waals surface area contributed by atoms with Gasteiger partial charge in [-0.2, -0.15) is 11.8 Å². The first-order valence-corrected chi connectivity index (χ1v) is 7.68. The molecule has 2 atom stereocenters. The van der Waals surface area contributed by atoms with E-state index >= 15 is 0 Å². The molecular formula is C14H19NO4S. The Balaban J connectivity index is 2.19. The third-order valence-electron chi connectivity index (χ3n) is 3.23. The highest BCUT2D eigenvalue weighted by Crippen LogP contribution is 2.32. The fraction of sp³-hybridized carbons (Fsp3) is 0.500. The van der Waals surface area contributed by atoms with Gasteiger partial charge in [-0.15, -0.1) is 0 Å². The molecule has 6 heteroatoms. The lowest BCUT2D eigenvalue weighted by atomic mass is 10.1. The van der Waals surface area contributed by atoms with Crippen LogP contribution in [0.5, 0.6) is 11.5 Å². The number of thioether (sulfide) groups is 1. The number of hydrogen-bond acceptors (Lipinski definition) is 5. The van der Waals surface area contributed by atoms with Crippen LogP contribution in [0.1, 0.15) is 24.4 Å². The summed E-state index contributed by atoms with van der Waals surface area (Å²) in [5, 5.41) is 8.97. The number of nitrogens with two attached hydrogens (primary N) is 1. The third kappa shape index (κ3) is 3.58. The molecule has 2 rings (SSSR count). The average molecular weight is 297 g/mol. The van der Waals surface area contributed by atoms with Gasteiger partial charge < -0.3 is 20.3 Å². The second-order valence-corrected chi connectivity index (χ2v) is 5.83. The number of methoxy groups -OCH3 is 1. The zero-order valence-corrected chi connectivity index (χ0v) is 12.2. The molecule has 0 amide bonds. The molecule has 0 aromatic heterocycles. The molecule has 1 saturated heterocycles. The van der Waals surface area contributed by atoms with Crippen LogP contribution in [0.2, 0.25) is 0 Å². The minimum atomic E-state index is -1.06. The van der Waals surface area contributed by atoms with Crippen LogP contribution in [0.4, 0.5) is 0 Å². The van der Waals surface area contributed by atoms with Crippen molar-refractivity contribution in [3.63, 3.8) is 0 Å². The van der Waals surface area contributed by atoms with Gasteiger partial charge in [-0.3, -0.25) is 4.79 Å². The number of carboxylic acid groups (broad SMARTS) is 1. The second-order valence-electron chi connectivity index (χ2n) is 4.68. The van der Waals surface area contributed by atoms with Crippen molar-refractivity contribution in [2.75, 3.05) is 18.6 Å². The van der Waals surface area contributed by atoms with Gasteiger partial charge in [0.2, 0.25) is 0 Å². The molecule has 1 aliphatic rings. The van der Waals surface area contributed by atoms with Crippen molar-refractivity contribution in [2.45, 2.75) is 25.0 Å². The molecule has 0 radical (unpaired) electrons. The van der Waals surface area contributed by atoms with Crippen molar-refractivity contribution >= 4 is 17.7 Å². The minimum absolute atomic E-state index is 0.138. The Hall–Kier alpha value is -1.40. The van der Waals surface area contributed by atoms with E-state index in [1.54, 1.807) is 25.3 Å². The standard InChI is InChI=1S/C14H19NO4S/c1-18-11-5-4-9(13(15)14(16)17)7-12(11)19-10-3-2-6-20-8-10/h4-5,7,10,13H,2-3,6,8,15H2,1H3,(H,16,17). The molecule has 0 saturated carbocycles. The van der Waals surface area contributed by atoms with E-state index in [9.17, 15) is 4.79 Å². The molecular weight excluding hydrogens is 278 g/mol. The van der Waals surface area contributed by atoms with Crippen molar-refractivity contribution in [3.05, 3.63) is 23.8 Å². The molecule has 0 spiro atoms. The Labute approximate surface area is 122 Å².